The molecule has 0 unspecified atom stereocenters. The van der Waals surface area contributed by atoms with Crippen LogP contribution in [0.1, 0.15) is 26.0 Å². The highest BCUT2D eigenvalue weighted by Crippen LogP contribution is 2.30. The molecule has 1 fully saturated rings. The number of halogens is 1. The van der Waals surface area contributed by atoms with E-state index in [0.29, 0.717) is 9.88 Å². The lowest BCUT2D eigenvalue weighted by Crippen LogP contribution is -2.22. The van der Waals surface area contributed by atoms with E-state index in [4.69, 9.17) is 11.6 Å². The van der Waals surface area contributed by atoms with Crippen LogP contribution in [0.5, 0.6) is 0 Å². The fraction of sp³-hybridized carbons (Fsp3) is 0.700. The largest absolute Gasteiger partial charge is 0.297 e. The summed E-state index contributed by atoms with van der Waals surface area (Å²) in [6.45, 7) is 7.94. The van der Waals surface area contributed by atoms with E-state index in [0.717, 1.165) is 12.2 Å². The lowest BCUT2D eigenvalue weighted by molar-refractivity contribution is 0.282. The average Bonchev–Trinajstić information content (AvgIpc) is 2.59. The quantitative estimate of drug-likeness (QED) is 0.777. The zero-order chi connectivity index (χ0) is 10.2. The Morgan fingerprint density at radius 2 is 2.43 bits per heavy atom. The maximum atomic E-state index is 5.79. The molecule has 0 N–H and O–H groups in total. The molecule has 0 aliphatic carbocycles. The number of hydrogen-bond donors (Lipinski definition) is 0. The van der Waals surface area contributed by atoms with Gasteiger partial charge in [0, 0.05) is 18.5 Å². The van der Waals surface area contributed by atoms with Crippen molar-refractivity contribution in [3.63, 3.8) is 0 Å². The van der Waals surface area contributed by atoms with E-state index in [2.05, 4.69) is 23.7 Å². The van der Waals surface area contributed by atoms with Gasteiger partial charge in [-0.1, -0.05) is 25.4 Å². The topological polar surface area (TPSA) is 16.1 Å². The van der Waals surface area contributed by atoms with Gasteiger partial charge in [-0.3, -0.25) is 4.90 Å². The van der Waals surface area contributed by atoms with Crippen LogP contribution < -0.4 is 0 Å². The first-order chi connectivity index (χ1) is 6.55. The Kier molecular flexibility index (Phi) is 2.82. The molecule has 0 amide bonds. The fourth-order valence-electron chi connectivity index (χ4n) is 1.94. The molecule has 1 aliphatic rings. The zero-order valence-electron chi connectivity index (χ0n) is 8.59. The van der Waals surface area contributed by atoms with Crippen molar-refractivity contribution in [1.29, 1.82) is 0 Å². The number of hydrogen-bond acceptors (Lipinski definition) is 3. The highest BCUT2D eigenvalue weighted by atomic mass is 35.5. The van der Waals surface area contributed by atoms with Gasteiger partial charge >= 0.3 is 0 Å². The van der Waals surface area contributed by atoms with Gasteiger partial charge in [-0.15, -0.1) is 11.3 Å². The van der Waals surface area contributed by atoms with E-state index < -0.39 is 0 Å². The summed E-state index contributed by atoms with van der Waals surface area (Å²) in [5.74, 6) is 0. The molecular formula is C10H15ClN2S. The van der Waals surface area contributed by atoms with Crippen molar-refractivity contribution < 1.29 is 0 Å². The average molecular weight is 231 g/mol. The van der Waals surface area contributed by atoms with Gasteiger partial charge in [0.2, 0.25) is 0 Å². The third-order valence-corrected chi connectivity index (χ3v) is 3.69. The molecule has 1 aromatic heterocycles. The first-order valence-electron chi connectivity index (χ1n) is 4.87. The van der Waals surface area contributed by atoms with Gasteiger partial charge in [0.05, 0.1) is 5.69 Å². The van der Waals surface area contributed by atoms with E-state index >= 15 is 0 Å². The normalized spacial score (nSPS) is 21.6. The molecule has 4 heteroatoms. The lowest BCUT2D eigenvalue weighted by atomic mass is 9.93. The summed E-state index contributed by atoms with van der Waals surface area (Å²) in [5, 5.41) is 2.05. The first kappa shape index (κ1) is 10.4. The van der Waals surface area contributed by atoms with Gasteiger partial charge in [-0.25, -0.2) is 4.98 Å². The first-order valence-corrected chi connectivity index (χ1v) is 6.13. The van der Waals surface area contributed by atoms with Gasteiger partial charge in [-0.05, 0) is 18.4 Å². The van der Waals surface area contributed by atoms with Crippen molar-refractivity contribution in [1.82, 2.24) is 9.88 Å². The molecule has 78 valence electrons. The Bertz CT molecular complexity index is 322. The number of thiazole rings is 1. The minimum atomic E-state index is 0.472. The van der Waals surface area contributed by atoms with Crippen LogP contribution in [0.25, 0.3) is 0 Å². The standard InChI is InChI=1S/C10H15ClN2S/c1-10(2)3-4-13(7-10)5-8-6-14-9(11)12-8/h6H,3-5,7H2,1-2H3. The molecule has 1 saturated heterocycles. The van der Waals surface area contributed by atoms with Gasteiger partial charge in [-0.2, -0.15) is 0 Å². The van der Waals surface area contributed by atoms with E-state index in [1.165, 1.54) is 30.8 Å². The number of aromatic nitrogens is 1. The molecular weight excluding hydrogens is 216 g/mol. The fourth-order valence-corrected chi connectivity index (χ4v) is 2.72. The highest BCUT2D eigenvalue weighted by Gasteiger charge is 2.29. The Morgan fingerprint density at radius 1 is 1.64 bits per heavy atom. The van der Waals surface area contributed by atoms with Crippen LogP contribution in [-0.2, 0) is 6.54 Å². The van der Waals surface area contributed by atoms with Crippen LogP contribution in [0.4, 0.5) is 0 Å². The maximum Gasteiger partial charge on any atom is 0.183 e. The Morgan fingerprint density at radius 3 is 2.93 bits per heavy atom. The second-order valence-electron chi connectivity index (χ2n) is 4.72. The van der Waals surface area contributed by atoms with E-state index in [9.17, 15) is 0 Å². The monoisotopic (exact) mass is 230 g/mol. The Labute approximate surface area is 93.9 Å². The predicted molar refractivity (Wildman–Crippen MR) is 60.8 cm³/mol. The summed E-state index contributed by atoms with van der Waals surface area (Å²) < 4.78 is 0.651. The summed E-state index contributed by atoms with van der Waals surface area (Å²) in [6.07, 6.45) is 1.28. The smallest absolute Gasteiger partial charge is 0.183 e. The van der Waals surface area contributed by atoms with E-state index in [-0.39, 0.29) is 0 Å². The minimum absolute atomic E-state index is 0.472. The van der Waals surface area contributed by atoms with Gasteiger partial charge in [0.15, 0.2) is 4.47 Å². The molecule has 0 bridgehead atoms. The van der Waals surface area contributed by atoms with Gasteiger partial charge in [0.1, 0.15) is 0 Å². The molecule has 14 heavy (non-hydrogen) atoms. The van der Waals surface area contributed by atoms with E-state index in [1.807, 2.05) is 5.38 Å². The van der Waals surface area contributed by atoms with Crippen molar-refractivity contribution in [2.24, 2.45) is 5.41 Å². The summed E-state index contributed by atoms with van der Waals surface area (Å²) in [7, 11) is 0. The Hall–Kier alpha value is -0.120. The van der Waals surface area contributed by atoms with Crippen LogP contribution in [0.2, 0.25) is 4.47 Å². The van der Waals surface area contributed by atoms with Crippen LogP contribution in [0.15, 0.2) is 5.38 Å². The molecule has 0 saturated carbocycles. The molecule has 2 rings (SSSR count). The molecule has 2 heterocycles. The Balaban J connectivity index is 1.94. The van der Waals surface area contributed by atoms with Crippen molar-refractivity contribution in [2.75, 3.05) is 13.1 Å². The van der Waals surface area contributed by atoms with Gasteiger partial charge < -0.3 is 0 Å². The molecule has 1 aromatic rings. The molecule has 0 spiro atoms. The van der Waals surface area contributed by atoms with Crippen molar-refractivity contribution in [3.8, 4) is 0 Å². The summed E-state index contributed by atoms with van der Waals surface area (Å²) in [5.41, 5.74) is 1.58. The number of rotatable bonds is 2. The predicted octanol–water partition coefficient (Wildman–Crippen LogP) is 3.03. The minimum Gasteiger partial charge on any atom is -0.297 e. The van der Waals surface area contributed by atoms with Crippen LogP contribution in [-0.4, -0.2) is 23.0 Å². The van der Waals surface area contributed by atoms with Gasteiger partial charge in [0.25, 0.3) is 0 Å². The molecule has 0 radical (unpaired) electrons. The van der Waals surface area contributed by atoms with Crippen LogP contribution in [0, 0.1) is 5.41 Å². The number of likely N-dealkylation sites (tertiary alicyclic amines) is 1. The summed E-state index contributed by atoms with van der Waals surface area (Å²) >= 11 is 7.31. The van der Waals surface area contributed by atoms with Crippen molar-refractivity contribution >= 4 is 22.9 Å². The van der Waals surface area contributed by atoms with E-state index in [1.54, 1.807) is 0 Å². The second-order valence-corrected chi connectivity index (χ2v) is 6.16. The summed E-state index contributed by atoms with van der Waals surface area (Å²) in [6, 6.07) is 0. The zero-order valence-corrected chi connectivity index (χ0v) is 10.2. The lowest BCUT2D eigenvalue weighted by Gasteiger charge is -2.18. The molecule has 2 nitrogen and oxygen atoms in total. The molecule has 1 aliphatic heterocycles. The van der Waals surface area contributed by atoms with Crippen LogP contribution >= 0.6 is 22.9 Å². The third-order valence-electron chi connectivity index (χ3n) is 2.67. The van der Waals surface area contributed by atoms with Crippen molar-refractivity contribution in [3.05, 3.63) is 15.5 Å². The SMILES string of the molecule is CC1(C)CCN(Cc2csc(Cl)n2)C1. The maximum absolute atomic E-state index is 5.79. The third kappa shape index (κ3) is 2.47. The van der Waals surface area contributed by atoms with Crippen LogP contribution in [0.3, 0.4) is 0 Å². The second kappa shape index (κ2) is 3.80. The number of nitrogens with zero attached hydrogens (tertiary/aromatic N) is 2. The molecule has 0 atom stereocenters. The van der Waals surface area contributed by atoms with Crippen molar-refractivity contribution in [2.45, 2.75) is 26.8 Å². The molecule has 0 aromatic carbocycles. The summed E-state index contributed by atoms with van der Waals surface area (Å²) in [4.78, 5) is 6.71. The highest BCUT2D eigenvalue weighted by molar-refractivity contribution is 7.13.